The van der Waals surface area contributed by atoms with E-state index >= 15 is 0 Å². The third-order valence-corrected chi connectivity index (χ3v) is 7.21. The Bertz CT molecular complexity index is 1470. The van der Waals surface area contributed by atoms with Crippen molar-refractivity contribution in [2.75, 3.05) is 54.9 Å². The predicted octanol–water partition coefficient (Wildman–Crippen LogP) is 4.29. The zero-order chi connectivity index (χ0) is 26.8. The number of anilines is 3. The van der Waals surface area contributed by atoms with Crippen molar-refractivity contribution in [1.82, 2.24) is 15.5 Å². The van der Waals surface area contributed by atoms with Crippen LogP contribution >= 0.6 is 0 Å². The van der Waals surface area contributed by atoms with Crippen molar-refractivity contribution >= 4 is 34.0 Å². The zero-order valence-electron chi connectivity index (χ0n) is 21.4. The van der Waals surface area contributed by atoms with Gasteiger partial charge in [-0.05, 0) is 66.4 Å². The molecule has 8 nitrogen and oxygen atoms in total. The van der Waals surface area contributed by atoms with Crippen LogP contribution in [0.4, 0.5) is 26.0 Å². The number of aromatic amines is 1. The molecule has 0 bridgehead atoms. The van der Waals surface area contributed by atoms with Crippen molar-refractivity contribution in [3.8, 4) is 0 Å². The fourth-order valence-corrected chi connectivity index (χ4v) is 5.23. The molecular weight excluding hydrogens is 502 g/mol. The van der Waals surface area contributed by atoms with E-state index in [1.807, 2.05) is 36.4 Å². The molecule has 1 unspecified atom stereocenters. The highest BCUT2D eigenvalue weighted by Crippen LogP contribution is 2.29. The largest absolute Gasteiger partial charge is 0.379 e. The molecule has 0 radical (unpaired) electrons. The summed E-state index contributed by atoms with van der Waals surface area (Å²) >= 11 is 0. The van der Waals surface area contributed by atoms with Crippen molar-refractivity contribution in [3.05, 3.63) is 82.9 Å². The molecule has 2 aliphatic rings. The fraction of sp³-hybridized carbons (Fsp3) is 0.310. The van der Waals surface area contributed by atoms with Crippen molar-refractivity contribution in [3.63, 3.8) is 0 Å². The van der Waals surface area contributed by atoms with E-state index in [1.54, 1.807) is 0 Å². The van der Waals surface area contributed by atoms with Gasteiger partial charge in [-0.15, -0.1) is 0 Å². The van der Waals surface area contributed by atoms with Crippen LogP contribution in [0.5, 0.6) is 0 Å². The Morgan fingerprint density at radius 1 is 1.03 bits per heavy atom. The number of ether oxygens (including phenoxy) is 1. The smallest absolute Gasteiger partial charge is 0.258 e. The Morgan fingerprint density at radius 3 is 2.62 bits per heavy atom. The Morgan fingerprint density at radius 2 is 1.85 bits per heavy atom. The summed E-state index contributed by atoms with van der Waals surface area (Å²) < 4.78 is 32.9. The summed E-state index contributed by atoms with van der Waals surface area (Å²) in [6, 6.07) is 15.1. The van der Waals surface area contributed by atoms with E-state index in [-0.39, 0.29) is 11.9 Å². The second-order valence-electron chi connectivity index (χ2n) is 10.0. The number of carbonyl (C=O) groups excluding carboxylic acids is 1. The van der Waals surface area contributed by atoms with Crippen LogP contribution in [0.3, 0.4) is 0 Å². The summed E-state index contributed by atoms with van der Waals surface area (Å²) in [4.78, 5) is 15.9. The Kier molecular flexibility index (Phi) is 7.12. The topological polar surface area (TPSA) is 94.3 Å². The molecule has 2 aliphatic heterocycles. The van der Waals surface area contributed by atoms with Crippen LogP contribution in [0, 0.1) is 11.6 Å². The molecule has 3 heterocycles. The van der Waals surface area contributed by atoms with E-state index < -0.39 is 11.6 Å². The first-order chi connectivity index (χ1) is 19.0. The SMILES string of the molecule is O=C(Nc1n[nH]c2ccc(Cc3cc(F)cc(F)c3)cc12)c1ccc(N2CCNCC2)cc1NC1CCOC1. The van der Waals surface area contributed by atoms with Crippen LogP contribution in [0.1, 0.15) is 27.9 Å². The number of aromatic nitrogens is 2. The molecule has 1 aromatic heterocycles. The van der Waals surface area contributed by atoms with E-state index in [2.05, 4.69) is 31.0 Å². The maximum Gasteiger partial charge on any atom is 0.258 e. The number of rotatable bonds is 7. The first kappa shape index (κ1) is 25.3. The number of amides is 1. The van der Waals surface area contributed by atoms with E-state index in [9.17, 15) is 13.6 Å². The molecule has 4 aromatic rings. The molecule has 6 rings (SSSR count). The number of benzene rings is 3. The zero-order valence-corrected chi connectivity index (χ0v) is 21.4. The lowest BCUT2D eigenvalue weighted by Crippen LogP contribution is -2.43. The van der Waals surface area contributed by atoms with Gasteiger partial charge in [-0.1, -0.05) is 6.07 Å². The lowest BCUT2D eigenvalue weighted by Gasteiger charge is -2.30. The molecule has 39 heavy (non-hydrogen) atoms. The number of piperazine rings is 1. The molecule has 3 aromatic carbocycles. The number of carbonyl (C=O) groups is 1. The van der Waals surface area contributed by atoms with Crippen LogP contribution in [0.2, 0.25) is 0 Å². The van der Waals surface area contributed by atoms with Gasteiger partial charge in [-0.3, -0.25) is 9.89 Å². The number of halogens is 2. The molecule has 0 spiro atoms. The van der Waals surface area contributed by atoms with Gasteiger partial charge in [0, 0.05) is 55.6 Å². The average Bonchev–Trinajstić information content (AvgIpc) is 3.58. The van der Waals surface area contributed by atoms with E-state index in [1.165, 1.54) is 12.1 Å². The van der Waals surface area contributed by atoms with E-state index in [4.69, 9.17) is 4.74 Å². The lowest BCUT2D eigenvalue weighted by molar-refractivity contribution is 0.102. The van der Waals surface area contributed by atoms with Gasteiger partial charge >= 0.3 is 0 Å². The molecule has 2 saturated heterocycles. The first-order valence-corrected chi connectivity index (χ1v) is 13.2. The van der Waals surface area contributed by atoms with Crippen molar-refractivity contribution < 1.29 is 18.3 Å². The molecule has 0 aliphatic carbocycles. The van der Waals surface area contributed by atoms with Crippen molar-refractivity contribution in [2.45, 2.75) is 18.9 Å². The highest BCUT2D eigenvalue weighted by molar-refractivity contribution is 6.11. The predicted molar refractivity (Wildman–Crippen MR) is 148 cm³/mol. The number of hydrogen-bond donors (Lipinski definition) is 4. The minimum absolute atomic E-state index is 0.135. The van der Waals surface area contributed by atoms with Crippen LogP contribution in [0.15, 0.2) is 54.6 Å². The fourth-order valence-electron chi connectivity index (χ4n) is 5.23. The van der Waals surface area contributed by atoms with Gasteiger partial charge < -0.3 is 25.6 Å². The van der Waals surface area contributed by atoms with Gasteiger partial charge in [0.05, 0.1) is 23.7 Å². The van der Waals surface area contributed by atoms with Crippen molar-refractivity contribution in [1.29, 1.82) is 0 Å². The maximum atomic E-state index is 13.7. The summed E-state index contributed by atoms with van der Waals surface area (Å²) in [5, 5.41) is 17.8. The highest BCUT2D eigenvalue weighted by Gasteiger charge is 2.22. The van der Waals surface area contributed by atoms with Gasteiger partial charge in [0.2, 0.25) is 0 Å². The van der Waals surface area contributed by atoms with Crippen LogP contribution in [-0.2, 0) is 11.2 Å². The number of fused-ring (bicyclic) bond motifs is 1. The highest BCUT2D eigenvalue weighted by atomic mass is 19.1. The molecule has 1 atom stereocenters. The molecule has 10 heteroatoms. The monoisotopic (exact) mass is 532 g/mol. The molecule has 0 saturated carbocycles. The maximum absolute atomic E-state index is 13.7. The summed E-state index contributed by atoms with van der Waals surface area (Å²) in [6.07, 6.45) is 1.22. The summed E-state index contributed by atoms with van der Waals surface area (Å²) in [6.45, 7) is 4.94. The normalized spacial score (nSPS) is 17.5. The summed E-state index contributed by atoms with van der Waals surface area (Å²) in [7, 11) is 0. The van der Waals surface area contributed by atoms with Gasteiger partial charge in [0.1, 0.15) is 11.6 Å². The minimum atomic E-state index is -0.612. The quantitative estimate of drug-likeness (QED) is 0.284. The van der Waals surface area contributed by atoms with Crippen LogP contribution in [-0.4, -0.2) is 61.5 Å². The molecular formula is C29H30F2N6O2. The van der Waals surface area contributed by atoms with Crippen LogP contribution < -0.4 is 20.9 Å². The molecule has 1 amide bonds. The number of nitrogens with one attached hydrogen (secondary N) is 4. The number of hydrogen-bond acceptors (Lipinski definition) is 6. The third-order valence-electron chi connectivity index (χ3n) is 7.21. The van der Waals surface area contributed by atoms with Gasteiger partial charge in [0.25, 0.3) is 5.91 Å². The van der Waals surface area contributed by atoms with Crippen LogP contribution in [0.25, 0.3) is 10.9 Å². The van der Waals surface area contributed by atoms with E-state index in [0.29, 0.717) is 42.0 Å². The molecule has 202 valence electrons. The number of nitrogens with zero attached hydrogens (tertiary/aromatic N) is 2. The lowest BCUT2D eigenvalue weighted by atomic mass is 10.0. The molecule has 4 N–H and O–H groups in total. The Balaban J connectivity index is 1.26. The van der Waals surface area contributed by atoms with Gasteiger partial charge in [0.15, 0.2) is 5.82 Å². The standard InChI is InChI=1S/C29H30F2N6O2/c30-20-12-19(13-21(31)15-20)11-18-1-4-26-25(14-18)28(36-35-26)34-29(38)24-3-2-23(37-8-6-32-7-9-37)16-27(24)33-22-5-10-39-17-22/h1-4,12-16,22,32-33H,5-11,17H2,(H2,34,35,36,38). The average molecular weight is 533 g/mol. The Hall–Kier alpha value is -4.02. The third kappa shape index (κ3) is 5.71. The first-order valence-electron chi connectivity index (χ1n) is 13.2. The summed E-state index contributed by atoms with van der Waals surface area (Å²) in [5.74, 6) is -1.12. The Labute approximate surface area is 224 Å². The van der Waals surface area contributed by atoms with E-state index in [0.717, 1.165) is 61.1 Å². The number of H-pyrrole nitrogens is 1. The van der Waals surface area contributed by atoms with Gasteiger partial charge in [-0.25, -0.2) is 8.78 Å². The second kappa shape index (κ2) is 11.0. The summed E-state index contributed by atoms with van der Waals surface area (Å²) in [5.41, 5.74) is 4.45. The van der Waals surface area contributed by atoms with Gasteiger partial charge in [-0.2, -0.15) is 5.10 Å². The molecule has 2 fully saturated rings. The minimum Gasteiger partial charge on any atom is -0.379 e. The second-order valence-corrected chi connectivity index (χ2v) is 10.0. The van der Waals surface area contributed by atoms with Crippen molar-refractivity contribution in [2.24, 2.45) is 0 Å².